The number of para-hydroxylation sites is 1. The topological polar surface area (TPSA) is 81.2 Å². The normalized spacial score (nSPS) is 20.0. The number of carbonyl (C=O) groups is 1. The lowest BCUT2D eigenvalue weighted by molar-refractivity contribution is -0.135. The van der Waals surface area contributed by atoms with Crippen LogP contribution in [0.3, 0.4) is 0 Å². The number of benzene rings is 1. The molecule has 1 saturated heterocycles. The Morgan fingerprint density at radius 1 is 1.38 bits per heavy atom. The minimum atomic E-state index is -0.0934. The van der Waals surface area contributed by atoms with Crippen molar-refractivity contribution in [3.63, 3.8) is 0 Å². The Labute approximate surface area is 159 Å². The summed E-state index contributed by atoms with van der Waals surface area (Å²) in [6.07, 6.45) is 3.81. The summed E-state index contributed by atoms with van der Waals surface area (Å²) in [6, 6.07) is 5.70. The lowest BCUT2D eigenvalue weighted by Crippen LogP contribution is -2.49. The van der Waals surface area contributed by atoms with Gasteiger partial charge in [0.15, 0.2) is 0 Å². The molecule has 1 aliphatic heterocycles. The first-order valence-electron chi connectivity index (χ1n) is 8.95. The number of amides is 1. The van der Waals surface area contributed by atoms with Crippen molar-refractivity contribution in [2.24, 2.45) is 11.7 Å². The molecule has 6 nitrogen and oxygen atoms in total. The van der Waals surface area contributed by atoms with Crippen LogP contribution in [0.5, 0.6) is 0 Å². The number of rotatable bonds is 4. The summed E-state index contributed by atoms with van der Waals surface area (Å²) >= 11 is 0. The molecule has 2 aromatic rings. The SMILES string of the molecule is Cc1cccc2c(=O)n(CCC(=O)N3CCC(C)CC3CN)cnc12.Cl. The Morgan fingerprint density at radius 2 is 2.15 bits per heavy atom. The third-order valence-corrected chi connectivity index (χ3v) is 5.19. The van der Waals surface area contributed by atoms with Crippen LogP contribution < -0.4 is 11.3 Å². The Hall–Kier alpha value is -1.92. The summed E-state index contributed by atoms with van der Waals surface area (Å²) in [6.45, 7) is 5.73. The third kappa shape index (κ3) is 4.07. The van der Waals surface area contributed by atoms with Crippen LogP contribution in [-0.2, 0) is 11.3 Å². The Morgan fingerprint density at radius 3 is 2.88 bits per heavy atom. The van der Waals surface area contributed by atoms with Gasteiger partial charge in [0.1, 0.15) is 0 Å². The van der Waals surface area contributed by atoms with Gasteiger partial charge in [0.25, 0.3) is 5.56 Å². The van der Waals surface area contributed by atoms with Crippen LogP contribution in [0, 0.1) is 12.8 Å². The standard InChI is InChI=1S/C19H26N4O2.ClH/c1-13-6-9-23(15(10-13)11-20)17(24)7-8-22-12-21-18-14(2)4-3-5-16(18)19(22)25;/h3-5,12-13,15H,6-11,20H2,1-2H3;1H. The highest BCUT2D eigenvalue weighted by molar-refractivity contribution is 5.85. The van der Waals surface area contributed by atoms with Gasteiger partial charge in [-0.3, -0.25) is 14.2 Å². The van der Waals surface area contributed by atoms with Crippen molar-refractivity contribution in [2.45, 2.75) is 45.7 Å². The Balaban J connectivity index is 0.00000243. The number of piperidine rings is 1. The van der Waals surface area contributed by atoms with E-state index >= 15 is 0 Å². The van der Waals surface area contributed by atoms with Crippen LogP contribution in [0.2, 0.25) is 0 Å². The molecule has 0 spiro atoms. The fraction of sp³-hybridized carbons (Fsp3) is 0.526. The molecule has 1 amide bonds. The number of halogens is 1. The van der Waals surface area contributed by atoms with E-state index < -0.39 is 0 Å². The van der Waals surface area contributed by atoms with E-state index in [9.17, 15) is 9.59 Å². The zero-order chi connectivity index (χ0) is 18.0. The Kier molecular flexibility index (Phi) is 6.78. The van der Waals surface area contributed by atoms with Crippen molar-refractivity contribution >= 4 is 29.2 Å². The van der Waals surface area contributed by atoms with Gasteiger partial charge >= 0.3 is 0 Å². The van der Waals surface area contributed by atoms with Crippen molar-refractivity contribution < 1.29 is 4.79 Å². The van der Waals surface area contributed by atoms with Gasteiger partial charge in [0.05, 0.1) is 17.2 Å². The van der Waals surface area contributed by atoms with Crippen LogP contribution in [0.1, 0.15) is 31.7 Å². The van der Waals surface area contributed by atoms with Crippen LogP contribution in [0.4, 0.5) is 0 Å². The second-order valence-electron chi connectivity index (χ2n) is 7.07. The van der Waals surface area contributed by atoms with Gasteiger partial charge < -0.3 is 10.6 Å². The maximum Gasteiger partial charge on any atom is 0.261 e. The molecule has 7 heteroatoms. The lowest BCUT2D eigenvalue weighted by atomic mass is 9.92. The van der Waals surface area contributed by atoms with Gasteiger partial charge in [-0.2, -0.15) is 0 Å². The quantitative estimate of drug-likeness (QED) is 0.883. The third-order valence-electron chi connectivity index (χ3n) is 5.19. The number of nitrogens with two attached hydrogens (primary N) is 1. The molecular weight excluding hydrogens is 352 g/mol. The molecule has 0 bridgehead atoms. The van der Waals surface area contributed by atoms with Gasteiger partial charge in [-0.15, -0.1) is 12.4 Å². The van der Waals surface area contributed by atoms with Crippen molar-refractivity contribution in [3.05, 3.63) is 40.4 Å². The second-order valence-corrected chi connectivity index (χ2v) is 7.07. The first-order valence-corrected chi connectivity index (χ1v) is 8.95. The largest absolute Gasteiger partial charge is 0.338 e. The van der Waals surface area contributed by atoms with E-state index in [2.05, 4.69) is 11.9 Å². The number of carbonyl (C=O) groups excluding carboxylic acids is 1. The first-order chi connectivity index (χ1) is 12.0. The molecular formula is C19H27ClN4O2. The van der Waals surface area contributed by atoms with Crippen molar-refractivity contribution in [3.8, 4) is 0 Å². The van der Waals surface area contributed by atoms with E-state index in [4.69, 9.17) is 5.73 Å². The van der Waals surface area contributed by atoms with Gasteiger partial charge in [0, 0.05) is 32.1 Å². The van der Waals surface area contributed by atoms with E-state index in [1.54, 1.807) is 12.4 Å². The minimum Gasteiger partial charge on any atom is -0.338 e. The van der Waals surface area contributed by atoms with Gasteiger partial charge in [-0.05, 0) is 37.3 Å². The molecule has 1 fully saturated rings. The van der Waals surface area contributed by atoms with E-state index in [1.807, 2.05) is 24.0 Å². The van der Waals surface area contributed by atoms with Crippen molar-refractivity contribution in [2.75, 3.05) is 13.1 Å². The molecule has 0 aliphatic carbocycles. The van der Waals surface area contributed by atoms with Gasteiger partial charge in [0.2, 0.25) is 5.91 Å². The van der Waals surface area contributed by atoms with E-state index in [1.165, 1.54) is 4.57 Å². The van der Waals surface area contributed by atoms with Crippen LogP contribution in [0.15, 0.2) is 29.3 Å². The van der Waals surface area contributed by atoms with Crippen molar-refractivity contribution in [1.29, 1.82) is 0 Å². The smallest absolute Gasteiger partial charge is 0.261 e. The zero-order valence-electron chi connectivity index (χ0n) is 15.4. The number of aromatic nitrogens is 2. The monoisotopic (exact) mass is 378 g/mol. The first kappa shape index (κ1) is 20.4. The maximum atomic E-state index is 12.6. The fourth-order valence-corrected chi connectivity index (χ4v) is 3.66. The fourth-order valence-electron chi connectivity index (χ4n) is 3.66. The zero-order valence-corrected chi connectivity index (χ0v) is 16.2. The molecule has 1 aliphatic rings. The molecule has 0 saturated carbocycles. The molecule has 2 heterocycles. The lowest BCUT2D eigenvalue weighted by Gasteiger charge is -2.38. The molecule has 2 unspecified atom stereocenters. The predicted octanol–water partition coefficient (Wildman–Crippen LogP) is 2.10. The van der Waals surface area contributed by atoms with Gasteiger partial charge in [-0.1, -0.05) is 19.1 Å². The number of likely N-dealkylation sites (tertiary alicyclic amines) is 1. The van der Waals surface area contributed by atoms with Crippen LogP contribution >= 0.6 is 12.4 Å². The average Bonchev–Trinajstić information content (AvgIpc) is 2.61. The number of hydrogen-bond acceptors (Lipinski definition) is 4. The minimum absolute atomic E-state index is 0. The second kappa shape index (κ2) is 8.64. The summed E-state index contributed by atoms with van der Waals surface area (Å²) in [4.78, 5) is 31.5. The van der Waals surface area contributed by atoms with Crippen molar-refractivity contribution in [1.82, 2.24) is 14.5 Å². The average molecular weight is 379 g/mol. The van der Waals surface area contributed by atoms with E-state index in [0.717, 1.165) is 30.5 Å². The highest BCUT2D eigenvalue weighted by Crippen LogP contribution is 2.22. The molecule has 2 N–H and O–H groups in total. The van der Waals surface area contributed by atoms with Crippen LogP contribution in [-0.4, -0.2) is 39.5 Å². The predicted molar refractivity (Wildman–Crippen MR) is 106 cm³/mol. The number of fused-ring (bicyclic) bond motifs is 1. The summed E-state index contributed by atoms with van der Waals surface area (Å²) < 4.78 is 1.53. The molecule has 3 rings (SSSR count). The molecule has 2 atom stereocenters. The summed E-state index contributed by atoms with van der Waals surface area (Å²) in [5, 5.41) is 0.599. The molecule has 26 heavy (non-hydrogen) atoms. The molecule has 1 aromatic carbocycles. The summed E-state index contributed by atoms with van der Waals surface area (Å²) in [7, 11) is 0. The van der Waals surface area contributed by atoms with E-state index in [-0.39, 0.29) is 29.9 Å². The highest BCUT2D eigenvalue weighted by Gasteiger charge is 2.28. The highest BCUT2D eigenvalue weighted by atomic mass is 35.5. The number of aryl methyl sites for hydroxylation is 2. The molecule has 0 radical (unpaired) electrons. The summed E-state index contributed by atoms with van der Waals surface area (Å²) in [5.41, 5.74) is 7.45. The molecule has 142 valence electrons. The van der Waals surface area contributed by atoms with Gasteiger partial charge in [-0.25, -0.2) is 4.98 Å². The summed E-state index contributed by atoms with van der Waals surface area (Å²) in [5.74, 6) is 0.673. The number of nitrogens with zero attached hydrogens (tertiary/aromatic N) is 3. The molecule has 1 aromatic heterocycles. The number of hydrogen-bond donors (Lipinski definition) is 1. The van der Waals surface area contributed by atoms with E-state index in [0.29, 0.717) is 30.8 Å². The Bertz CT molecular complexity index is 836. The van der Waals surface area contributed by atoms with Crippen LogP contribution in [0.25, 0.3) is 10.9 Å². The maximum absolute atomic E-state index is 12.6.